The molecule has 0 aromatic heterocycles. The third kappa shape index (κ3) is 4.51. The van der Waals surface area contributed by atoms with Gasteiger partial charge in [-0.05, 0) is 87.0 Å². The highest BCUT2D eigenvalue weighted by Gasteiger charge is 2.36. The number of benzene rings is 2. The number of anilines is 2. The molecule has 1 aliphatic carbocycles. The summed E-state index contributed by atoms with van der Waals surface area (Å²) in [6, 6.07) is 12.9. The van der Waals surface area contributed by atoms with E-state index in [2.05, 4.69) is 16.8 Å². The van der Waals surface area contributed by atoms with Gasteiger partial charge in [-0.2, -0.15) is 0 Å². The van der Waals surface area contributed by atoms with E-state index < -0.39 is 5.60 Å². The maximum absolute atomic E-state index is 14.2. The Morgan fingerprint density at radius 2 is 1.73 bits per heavy atom. The average Bonchev–Trinajstić information content (AvgIpc) is 2.80. The van der Waals surface area contributed by atoms with Crippen molar-refractivity contribution < 1.29 is 14.3 Å². The van der Waals surface area contributed by atoms with Crippen molar-refractivity contribution in [3.63, 3.8) is 0 Å². The predicted molar refractivity (Wildman–Crippen MR) is 129 cm³/mol. The lowest BCUT2D eigenvalue weighted by atomic mass is 9.75. The molecule has 2 aliphatic heterocycles. The number of piperazine rings is 1. The van der Waals surface area contributed by atoms with Crippen molar-refractivity contribution in [2.45, 2.75) is 44.1 Å². The van der Waals surface area contributed by atoms with Gasteiger partial charge in [0.1, 0.15) is 5.82 Å². The smallest absolute Gasteiger partial charge is 0.230 e. The van der Waals surface area contributed by atoms with Crippen molar-refractivity contribution in [3.8, 4) is 0 Å². The average molecular weight is 452 g/mol. The van der Waals surface area contributed by atoms with Gasteiger partial charge >= 0.3 is 0 Å². The molecular weight excluding hydrogens is 417 g/mol. The summed E-state index contributed by atoms with van der Waals surface area (Å²) in [5.74, 6) is -0.278. The summed E-state index contributed by atoms with van der Waals surface area (Å²) in [5.41, 5.74) is 3.13. The zero-order valence-corrected chi connectivity index (χ0v) is 19.5. The van der Waals surface area contributed by atoms with Gasteiger partial charge in [0.25, 0.3) is 0 Å². The van der Waals surface area contributed by atoms with Crippen molar-refractivity contribution in [3.05, 3.63) is 59.4 Å². The maximum Gasteiger partial charge on any atom is 0.230 e. The SMILES string of the molecule is CN1CCN(c2ccc(F)cc2CC2CCCN(c3ccc(C4(O)CCC4)cc3)C2=O)CC1. The van der Waals surface area contributed by atoms with Gasteiger partial charge in [0, 0.05) is 50.0 Å². The van der Waals surface area contributed by atoms with Crippen LogP contribution in [-0.4, -0.2) is 55.7 Å². The van der Waals surface area contributed by atoms with Crippen LogP contribution in [0.2, 0.25) is 0 Å². The Hall–Kier alpha value is -2.44. The minimum atomic E-state index is -0.690. The van der Waals surface area contributed by atoms with Gasteiger partial charge in [-0.15, -0.1) is 0 Å². The molecule has 0 radical (unpaired) electrons. The van der Waals surface area contributed by atoms with Crippen LogP contribution in [0.3, 0.4) is 0 Å². The van der Waals surface area contributed by atoms with Gasteiger partial charge < -0.3 is 19.8 Å². The number of aliphatic hydroxyl groups is 1. The van der Waals surface area contributed by atoms with Crippen molar-refractivity contribution in [2.75, 3.05) is 49.6 Å². The molecule has 1 amide bonds. The molecular formula is C27H34FN3O2. The Bertz CT molecular complexity index is 997. The van der Waals surface area contributed by atoms with Crippen LogP contribution >= 0.6 is 0 Å². The summed E-state index contributed by atoms with van der Waals surface area (Å²) in [7, 11) is 2.12. The zero-order chi connectivity index (χ0) is 23.0. The number of carbonyl (C=O) groups is 1. The summed E-state index contributed by atoms with van der Waals surface area (Å²) in [6.45, 7) is 4.50. The second kappa shape index (κ2) is 9.07. The summed E-state index contributed by atoms with van der Waals surface area (Å²) >= 11 is 0. The van der Waals surface area contributed by atoms with Crippen molar-refractivity contribution in [1.29, 1.82) is 0 Å². The number of piperidine rings is 1. The Balaban J connectivity index is 1.32. The van der Waals surface area contributed by atoms with Crippen molar-refractivity contribution in [2.24, 2.45) is 5.92 Å². The molecule has 2 heterocycles. The molecule has 3 aliphatic rings. The highest BCUT2D eigenvalue weighted by Crippen LogP contribution is 2.41. The monoisotopic (exact) mass is 451 g/mol. The molecule has 1 atom stereocenters. The van der Waals surface area contributed by atoms with E-state index in [0.717, 1.165) is 80.8 Å². The molecule has 5 nitrogen and oxygen atoms in total. The van der Waals surface area contributed by atoms with E-state index in [1.807, 2.05) is 35.2 Å². The summed E-state index contributed by atoms with van der Waals surface area (Å²) in [6.07, 6.45) is 4.99. The number of carbonyl (C=O) groups excluding carboxylic acids is 1. The standard InChI is InChI=1S/C27H34FN3O2/c1-29-14-16-30(17-15-29)25-10-7-23(28)19-21(25)18-20-4-2-13-31(26(20)32)24-8-5-22(6-9-24)27(33)11-3-12-27/h5-10,19-20,33H,2-4,11-18H2,1H3. The van der Waals surface area contributed by atoms with Crippen LogP contribution in [0.5, 0.6) is 0 Å². The molecule has 0 bridgehead atoms. The minimum absolute atomic E-state index is 0.116. The molecule has 1 saturated carbocycles. The van der Waals surface area contributed by atoms with Crippen LogP contribution in [0.1, 0.15) is 43.2 Å². The van der Waals surface area contributed by atoms with E-state index in [4.69, 9.17) is 0 Å². The number of halogens is 1. The number of likely N-dealkylation sites (N-methyl/N-ethyl adjacent to an activating group) is 1. The first kappa shape index (κ1) is 22.4. The van der Waals surface area contributed by atoms with E-state index in [9.17, 15) is 14.3 Å². The lowest BCUT2D eigenvalue weighted by Gasteiger charge is -2.38. The van der Waals surface area contributed by atoms with E-state index in [-0.39, 0.29) is 17.6 Å². The quantitative estimate of drug-likeness (QED) is 0.748. The molecule has 1 unspecified atom stereocenters. The van der Waals surface area contributed by atoms with Crippen LogP contribution in [0.4, 0.5) is 15.8 Å². The minimum Gasteiger partial charge on any atom is -0.385 e. The largest absolute Gasteiger partial charge is 0.385 e. The lowest BCUT2D eigenvalue weighted by Crippen LogP contribution is -2.45. The number of amides is 1. The Kier molecular flexibility index (Phi) is 6.14. The molecule has 2 aromatic carbocycles. The van der Waals surface area contributed by atoms with Gasteiger partial charge in [-0.25, -0.2) is 4.39 Å². The lowest BCUT2D eigenvalue weighted by molar-refractivity contribution is -0.123. The first-order valence-electron chi connectivity index (χ1n) is 12.3. The molecule has 176 valence electrons. The third-order valence-corrected chi connectivity index (χ3v) is 7.80. The second-order valence-electron chi connectivity index (χ2n) is 10.0. The van der Waals surface area contributed by atoms with Gasteiger partial charge in [0.05, 0.1) is 5.60 Å². The van der Waals surface area contributed by atoms with Crippen molar-refractivity contribution >= 4 is 17.3 Å². The van der Waals surface area contributed by atoms with E-state index >= 15 is 0 Å². The van der Waals surface area contributed by atoms with E-state index in [1.165, 1.54) is 6.07 Å². The third-order valence-electron chi connectivity index (χ3n) is 7.80. The summed E-state index contributed by atoms with van der Waals surface area (Å²) < 4.78 is 14.2. The van der Waals surface area contributed by atoms with Gasteiger partial charge in [-0.1, -0.05) is 12.1 Å². The molecule has 1 N–H and O–H groups in total. The molecule has 3 fully saturated rings. The number of hydrogen-bond donors (Lipinski definition) is 1. The fraction of sp³-hybridized carbons (Fsp3) is 0.519. The second-order valence-corrected chi connectivity index (χ2v) is 10.0. The van der Waals surface area contributed by atoms with Gasteiger partial charge in [0.2, 0.25) is 5.91 Å². The molecule has 6 heteroatoms. The van der Waals surface area contributed by atoms with Crippen LogP contribution in [0, 0.1) is 11.7 Å². The first-order valence-corrected chi connectivity index (χ1v) is 12.3. The number of hydrogen-bond acceptors (Lipinski definition) is 4. The molecule has 2 saturated heterocycles. The fourth-order valence-electron chi connectivity index (χ4n) is 5.49. The van der Waals surface area contributed by atoms with Crippen LogP contribution in [0.25, 0.3) is 0 Å². The maximum atomic E-state index is 14.2. The van der Waals surface area contributed by atoms with E-state index in [0.29, 0.717) is 13.0 Å². The predicted octanol–water partition coefficient (Wildman–Crippen LogP) is 3.93. The summed E-state index contributed by atoms with van der Waals surface area (Å²) in [5, 5.41) is 10.6. The number of nitrogens with zero attached hydrogens (tertiary/aromatic N) is 3. The number of rotatable bonds is 5. The van der Waals surface area contributed by atoms with Crippen molar-refractivity contribution in [1.82, 2.24) is 4.90 Å². The molecule has 5 rings (SSSR count). The van der Waals surface area contributed by atoms with Crippen LogP contribution in [-0.2, 0) is 16.8 Å². The topological polar surface area (TPSA) is 47.0 Å². The van der Waals surface area contributed by atoms with Gasteiger partial charge in [0.15, 0.2) is 0 Å². The zero-order valence-electron chi connectivity index (χ0n) is 19.5. The van der Waals surface area contributed by atoms with Crippen LogP contribution in [0.15, 0.2) is 42.5 Å². The Morgan fingerprint density at radius 3 is 2.39 bits per heavy atom. The summed E-state index contributed by atoms with van der Waals surface area (Å²) in [4.78, 5) is 20.0. The highest BCUT2D eigenvalue weighted by atomic mass is 19.1. The molecule has 33 heavy (non-hydrogen) atoms. The first-order chi connectivity index (χ1) is 15.9. The Labute approximate surface area is 195 Å². The normalized spacial score (nSPS) is 23.5. The molecule has 0 spiro atoms. The van der Waals surface area contributed by atoms with E-state index in [1.54, 1.807) is 6.07 Å². The Morgan fingerprint density at radius 1 is 1.00 bits per heavy atom. The fourth-order valence-corrected chi connectivity index (χ4v) is 5.49. The highest BCUT2D eigenvalue weighted by molar-refractivity contribution is 5.96. The molecule has 2 aromatic rings. The van der Waals surface area contributed by atoms with Crippen LogP contribution < -0.4 is 9.80 Å². The van der Waals surface area contributed by atoms with Gasteiger partial charge in [-0.3, -0.25) is 4.79 Å².